The number of carbonyl (C=O) groups is 1. The number of carbonyl (C=O) groups excluding carboxylic acids is 1. The topological polar surface area (TPSA) is 87.2 Å². The summed E-state index contributed by atoms with van der Waals surface area (Å²) < 4.78 is 10.8. The lowest BCUT2D eigenvalue weighted by molar-refractivity contribution is -0.114. The highest BCUT2D eigenvalue weighted by Gasteiger charge is 2.02. The van der Waals surface area contributed by atoms with Crippen molar-refractivity contribution >= 4 is 41.5 Å². The Morgan fingerprint density at radius 2 is 1.93 bits per heavy atom. The van der Waals surface area contributed by atoms with Crippen LogP contribution in [0.1, 0.15) is 13.3 Å². The van der Waals surface area contributed by atoms with E-state index in [0.717, 1.165) is 44.3 Å². The molecule has 0 heterocycles. The van der Waals surface area contributed by atoms with Crippen LogP contribution in [0.4, 0.5) is 5.69 Å². The van der Waals surface area contributed by atoms with Gasteiger partial charge in [-0.3, -0.25) is 9.79 Å². The number of benzene rings is 1. The Hall–Kier alpha value is -1.59. The molecule has 0 radical (unpaired) electrons. The number of methoxy groups -OCH3 is 1. The Morgan fingerprint density at radius 1 is 1.18 bits per heavy atom. The molecule has 0 saturated carbocycles. The lowest BCUT2D eigenvalue weighted by Crippen LogP contribution is -2.42. The molecule has 0 aromatic heterocycles. The van der Waals surface area contributed by atoms with Crippen molar-refractivity contribution in [2.45, 2.75) is 13.3 Å². The van der Waals surface area contributed by atoms with Crippen LogP contribution in [0.15, 0.2) is 29.3 Å². The van der Waals surface area contributed by atoms with Crippen LogP contribution in [0.5, 0.6) is 5.75 Å². The molecular weight excluding hydrogens is 473 g/mol. The molecule has 1 aromatic rings. The van der Waals surface area contributed by atoms with Crippen molar-refractivity contribution in [1.82, 2.24) is 15.5 Å². The van der Waals surface area contributed by atoms with Crippen molar-refractivity contribution in [2.75, 3.05) is 65.9 Å². The molecule has 0 aliphatic carbocycles. The van der Waals surface area contributed by atoms with E-state index < -0.39 is 0 Å². The van der Waals surface area contributed by atoms with E-state index >= 15 is 0 Å². The van der Waals surface area contributed by atoms with E-state index in [4.69, 9.17) is 9.47 Å². The van der Waals surface area contributed by atoms with Gasteiger partial charge in [-0.25, -0.2) is 0 Å². The summed E-state index contributed by atoms with van der Waals surface area (Å²) in [6.07, 6.45) is 1.03. The minimum Gasteiger partial charge on any atom is -0.492 e. The Balaban J connectivity index is 0.00000729. The van der Waals surface area contributed by atoms with Gasteiger partial charge in [-0.2, -0.15) is 0 Å². The molecule has 0 aliphatic heterocycles. The van der Waals surface area contributed by atoms with Crippen LogP contribution < -0.4 is 20.7 Å². The predicted molar refractivity (Wildman–Crippen MR) is 125 cm³/mol. The van der Waals surface area contributed by atoms with Gasteiger partial charge in [0.05, 0.1) is 6.54 Å². The van der Waals surface area contributed by atoms with E-state index in [0.29, 0.717) is 18.9 Å². The highest BCUT2D eigenvalue weighted by atomic mass is 127. The fourth-order valence-electron chi connectivity index (χ4n) is 2.38. The summed E-state index contributed by atoms with van der Waals surface area (Å²) in [5.74, 6) is 1.35. The van der Waals surface area contributed by atoms with E-state index in [9.17, 15) is 4.79 Å². The average molecular weight is 507 g/mol. The Labute approximate surface area is 185 Å². The number of rotatable bonds is 12. The van der Waals surface area contributed by atoms with Gasteiger partial charge in [0, 0.05) is 59.1 Å². The zero-order valence-corrected chi connectivity index (χ0v) is 19.6. The zero-order valence-electron chi connectivity index (χ0n) is 17.3. The molecule has 0 fully saturated rings. The number of aliphatic imine (C=N–C) groups is 1. The van der Waals surface area contributed by atoms with Crippen molar-refractivity contribution < 1.29 is 14.3 Å². The molecule has 28 heavy (non-hydrogen) atoms. The van der Waals surface area contributed by atoms with Crippen LogP contribution in [-0.2, 0) is 9.53 Å². The summed E-state index contributed by atoms with van der Waals surface area (Å²) in [6.45, 7) is 6.11. The Morgan fingerprint density at radius 3 is 2.61 bits per heavy atom. The molecule has 1 amide bonds. The first-order valence-corrected chi connectivity index (χ1v) is 9.17. The summed E-state index contributed by atoms with van der Waals surface area (Å²) in [5, 5.41) is 9.24. The number of nitrogens with one attached hydrogen (secondary N) is 3. The van der Waals surface area contributed by atoms with Gasteiger partial charge in [0.1, 0.15) is 12.4 Å². The monoisotopic (exact) mass is 507 g/mol. The number of guanidine groups is 1. The van der Waals surface area contributed by atoms with Gasteiger partial charge >= 0.3 is 0 Å². The number of anilines is 1. The molecular formula is C19H34IN5O3. The van der Waals surface area contributed by atoms with Crippen LogP contribution in [0.25, 0.3) is 0 Å². The largest absolute Gasteiger partial charge is 0.492 e. The van der Waals surface area contributed by atoms with Crippen LogP contribution in [-0.4, -0.2) is 77.4 Å². The van der Waals surface area contributed by atoms with E-state index in [1.807, 2.05) is 18.2 Å². The molecule has 3 N–H and O–H groups in total. The SMILES string of the molecule is CN=C(NCCOc1cccc(NC(C)=O)c1)NCCN(C)CCCOC.I. The van der Waals surface area contributed by atoms with Gasteiger partial charge in [0.2, 0.25) is 5.91 Å². The van der Waals surface area contributed by atoms with Gasteiger partial charge in [0.15, 0.2) is 5.96 Å². The molecule has 1 rings (SSSR count). The van der Waals surface area contributed by atoms with E-state index in [1.54, 1.807) is 20.2 Å². The van der Waals surface area contributed by atoms with Crippen molar-refractivity contribution in [3.63, 3.8) is 0 Å². The molecule has 0 bridgehead atoms. The first-order valence-electron chi connectivity index (χ1n) is 9.17. The molecule has 0 saturated heterocycles. The van der Waals surface area contributed by atoms with Crippen molar-refractivity contribution in [2.24, 2.45) is 4.99 Å². The number of hydrogen-bond donors (Lipinski definition) is 3. The van der Waals surface area contributed by atoms with E-state index in [-0.39, 0.29) is 29.9 Å². The zero-order chi connectivity index (χ0) is 19.9. The number of likely N-dealkylation sites (N-methyl/N-ethyl adjacent to an activating group) is 1. The number of nitrogens with zero attached hydrogens (tertiary/aromatic N) is 2. The number of ether oxygens (including phenoxy) is 2. The molecule has 0 aliphatic rings. The smallest absolute Gasteiger partial charge is 0.221 e. The standard InChI is InChI=1S/C19H33N5O3.HI/c1-16(25)23-17-7-5-8-18(15-17)27-14-10-22-19(20-2)21-9-12-24(3)11-6-13-26-4;/h5,7-8,15H,6,9-14H2,1-4H3,(H,23,25)(H2,20,21,22);1H. The molecule has 0 spiro atoms. The molecule has 0 unspecified atom stereocenters. The van der Waals surface area contributed by atoms with Gasteiger partial charge in [-0.15, -0.1) is 24.0 Å². The van der Waals surface area contributed by atoms with Gasteiger partial charge < -0.3 is 30.3 Å². The molecule has 160 valence electrons. The summed E-state index contributed by atoms with van der Waals surface area (Å²) in [4.78, 5) is 17.6. The maximum Gasteiger partial charge on any atom is 0.221 e. The van der Waals surface area contributed by atoms with Crippen LogP contribution in [0.2, 0.25) is 0 Å². The fraction of sp³-hybridized carbons (Fsp3) is 0.579. The molecule has 1 aromatic carbocycles. The first kappa shape index (κ1) is 26.4. The van der Waals surface area contributed by atoms with Gasteiger partial charge in [-0.1, -0.05) is 6.07 Å². The normalized spacial score (nSPS) is 11.0. The van der Waals surface area contributed by atoms with Crippen LogP contribution >= 0.6 is 24.0 Å². The second-order valence-corrected chi connectivity index (χ2v) is 6.13. The minimum atomic E-state index is -0.104. The Bertz CT molecular complexity index is 586. The predicted octanol–water partition coefficient (Wildman–Crippen LogP) is 1.78. The third kappa shape index (κ3) is 12.7. The highest BCUT2D eigenvalue weighted by molar-refractivity contribution is 14.0. The third-order valence-electron chi connectivity index (χ3n) is 3.72. The van der Waals surface area contributed by atoms with E-state index in [2.05, 4.69) is 32.9 Å². The lowest BCUT2D eigenvalue weighted by atomic mass is 10.3. The summed E-state index contributed by atoms with van der Waals surface area (Å²) in [5.41, 5.74) is 0.722. The first-order chi connectivity index (χ1) is 13.0. The minimum absolute atomic E-state index is 0. The number of amides is 1. The summed E-state index contributed by atoms with van der Waals surface area (Å²) in [7, 11) is 5.56. The van der Waals surface area contributed by atoms with E-state index in [1.165, 1.54) is 6.92 Å². The van der Waals surface area contributed by atoms with Gasteiger partial charge in [0.25, 0.3) is 0 Å². The third-order valence-corrected chi connectivity index (χ3v) is 3.72. The maximum atomic E-state index is 11.1. The Kier molecular flexibility index (Phi) is 15.4. The number of hydrogen-bond acceptors (Lipinski definition) is 5. The summed E-state index contributed by atoms with van der Waals surface area (Å²) >= 11 is 0. The highest BCUT2D eigenvalue weighted by Crippen LogP contribution is 2.16. The molecule has 8 nitrogen and oxygen atoms in total. The van der Waals surface area contributed by atoms with Crippen LogP contribution in [0.3, 0.4) is 0 Å². The maximum absolute atomic E-state index is 11.1. The second kappa shape index (κ2) is 16.4. The molecule has 0 atom stereocenters. The quantitative estimate of drug-likeness (QED) is 0.173. The summed E-state index contributed by atoms with van der Waals surface area (Å²) in [6, 6.07) is 7.33. The van der Waals surface area contributed by atoms with Crippen molar-refractivity contribution in [1.29, 1.82) is 0 Å². The second-order valence-electron chi connectivity index (χ2n) is 6.13. The molecule has 9 heteroatoms. The van der Waals surface area contributed by atoms with Crippen molar-refractivity contribution in [3.8, 4) is 5.75 Å². The lowest BCUT2D eigenvalue weighted by Gasteiger charge is -2.18. The van der Waals surface area contributed by atoms with Crippen LogP contribution in [0, 0.1) is 0 Å². The average Bonchev–Trinajstić information content (AvgIpc) is 2.63. The number of halogens is 1. The van der Waals surface area contributed by atoms with Gasteiger partial charge in [-0.05, 0) is 25.6 Å². The van der Waals surface area contributed by atoms with Crippen molar-refractivity contribution in [3.05, 3.63) is 24.3 Å². The fourth-order valence-corrected chi connectivity index (χ4v) is 2.38.